The van der Waals surface area contributed by atoms with Gasteiger partial charge < -0.3 is 24.4 Å². The lowest BCUT2D eigenvalue weighted by Crippen LogP contribution is -2.41. The summed E-state index contributed by atoms with van der Waals surface area (Å²) in [5, 5.41) is 3.49. The lowest BCUT2D eigenvalue weighted by atomic mass is 10.0. The maximum Gasteiger partial charge on any atom is 0.251 e. The lowest BCUT2D eigenvalue weighted by Gasteiger charge is -2.31. The molecule has 0 aliphatic carbocycles. The van der Waals surface area contributed by atoms with Gasteiger partial charge in [-0.15, -0.1) is 0 Å². The van der Waals surface area contributed by atoms with E-state index in [1.165, 1.54) is 11.8 Å². The average Bonchev–Trinajstić information content (AvgIpc) is 3.00. The van der Waals surface area contributed by atoms with Crippen molar-refractivity contribution in [3.8, 4) is 17.2 Å². The van der Waals surface area contributed by atoms with Gasteiger partial charge in [-0.1, -0.05) is 36.0 Å². The quantitative estimate of drug-likeness (QED) is 0.169. The van der Waals surface area contributed by atoms with Crippen LogP contribution in [0.1, 0.15) is 28.6 Å². The Morgan fingerprint density at radius 2 is 1.29 bits per heavy atom. The Kier molecular flexibility index (Phi) is 10.4. The minimum atomic E-state index is -0.951. The van der Waals surface area contributed by atoms with Crippen LogP contribution in [0.2, 0.25) is 0 Å². The van der Waals surface area contributed by atoms with Gasteiger partial charge >= 0.3 is 0 Å². The third kappa shape index (κ3) is 8.01. The third-order valence-electron chi connectivity index (χ3n) is 6.47. The topological polar surface area (TPSA) is 103 Å². The van der Waals surface area contributed by atoms with Crippen LogP contribution < -0.4 is 19.5 Å². The molecule has 0 aliphatic heterocycles. The lowest BCUT2D eigenvalue weighted by molar-refractivity contribution is -0.137. The molecule has 10 heteroatoms. The van der Waals surface area contributed by atoms with E-state index in [2.05, 4.69) is 15.3 Å². The van der Waals surface area contributed by atoms with E-state index in [0.717, 1.165) is 17.0 Å². The molecule has 2 amide bonds. The van der Waals surface area contributed by atoms with Crippen molar-refractivity contribution in [1.82, 2.24) is 14.9 Å². The van der Waals surface area contributed by atoms with Gasteiger partial charge in [-0.3, -0.25) is 9.59 Å². The maximum absolute atomic E-state index is 14.0. The number of thioether (sulfide) groups is 1. The number of anilines is 1. The molecule has 1 heterocycles. The number of aryl methyl sites for hydroxylation is 2. The molecule has 9 nitrogen and oxygen atoms in total. The Hall–Kier alpha value is -4.57. The number of methoxy groups -OCH3 is 3. The molecule has 3 aromatic carbocycles. The first-order valence-electron chi connectivity index (χ1n) is 13.3. The van der Waals surface area contributed by atoms with E-state index in [4.69, 9.17) is 14.2 Å². The molecular formula is C32H34N4O5S. The second kappa shape index (κ2) is 14.4. The van der Waals surface area contributed by atoms with Crippen LogP contribution in [0.5, 0.6) is 17.2 Å². The molecule has 0 saturated carbocycles. The van der Waals surface area contributed by atoms with Crippen molar-refractivity contribution in [3.63, 3.8) is 0 Å². The fraction of sp³-hybridized carbons (Fsp3) is 0.250. The van der Waals surface area contributed by atoms with Crippen molar-refractivity contribution >= 4 is 29.3 Å². The first-order chi connectivity index (χ1) is 20.3. The third-order valence-corrected chi connectivity index (χ3v) is 7.30. The number of carbonyl (C=O) groups is 2. The first kappa shape index (κ1) is 30.4. The van der Waals surface area contributed by atoms with Crippen LogP contribution in [-0.4, -0.2) is 53.8 Å². The van der Waals surface area contributed by atoms with Crippen molar-refractivity contribution in [1.29, 1.82) is 0 Å². The number of nitrogens with one attached hydrogen (secondary N) is 1. The Labute approximate surface area is 250 Å². The molecule has 0 spiro atoms. The molecule has 1 atom stereocenters. The predicted octanol–water partition coefficient (Wildman–Crippen LogP) is 5.62. The second-order valence-corrected chi connectivity index (χ2v) is 10.4. The summed E-state index contributed by atoms with van der Waals surface area (Å²) < 4.78 is 15.9. The standard InChI is InChI=1S/C32H34N4O5S/c1-21-18-22(2)34-32(33-21)42-20-29(37)36(19-23-6-12-26(39-3)13-7-23)30(24-8-14-27(40-4)15-9-24)31(38)35-25-10-16-28(41-5)17-11-25/h6-18,30H,19-20H2,1-5H3,(H,35,38). The van der Waals surface area contributed by atoms with E-state index in [9.17, 15) is 9.59 Å². The summed E-state index contributed by atoms with van der Waals surface area (Å²) in [5.41, 5.74) is 3.70. The van der Waals surface area contributed by atoms with E-state index < -0.39 is 6.04 Å². The van der Waals surface area contributed by atoms with Crippen molar-refractivity contribution in [2.45, 2.75) is 31.6 Å². The van der Waals surface area contributed by atoms with Gasteiger partial charge in [0.1, 0.15) is 23.3 Å². The number of aromatic nitrogens is 2. The smallest absolute Gasteiger partial charge is 0.251 e. The summed E-state index contributed by atoms with van der Waals surface area (Å²) in [6, 6.07) is 22.5. The Bertz CT molecular complexity index is 1480. The number of ether oxygens (including phenoxy) is 3. The predicted molar refractivity (Wildman–Crippen MR) is 163 cm³/mol. The van der Waals surface area contributed by atoms with E-state index in [-0.39, 0.29) is 24.1 Å². The van der Waals surface area contributed by atoms with Crippen LogP contribution in [0.3, 0.4) is 0 Å². The average molecular weight is 587 g/mol. The number of hydrogen-bond acceptors (Lipinski definition) is 8. The number of hydrogen-bond donors (Lipinski definition) is 1. The van der Waals surface area contributed by atoms with Gasteiger partial charge in [-0.2, -0.15) is 0 Å². The van der Waals surface area contributed by atoms with Crippen molar-refractivity contribution in [2.24, 2.45) is 0 Å². The Morgan fingerprint density at radius 3 is 1.81 bits per heavy atom. The minimum Gasteiger partial charge on any atom is -0.497 e. The molecule has 42 heavy (non-hydrogen) atoms. The van der Waals surface area contributed by atoms with Gasteiger partial charge in [0.15, 0.2) is 5.16 Å². The summed E-state index contributed by atoms with van der Waals surface area (Å²) in [7, 11) is 4.76. The molecule has 0 aliphatic rings. The molecule has 4 rings (SSSR count). The number of carbonyl (C=O) groups excluding carboxylic acids is 2. The van der Waals surface area contributed by atoms with Crippen molar-refractivity contribution in [3.05, 3.63) is 101 Å². The van der Waals surface area contributed by atoms with Crippen molar-refractivity contribution in [2.75, 3.05) is 32.4 Å². The summed E-state index contributed by atoms with van der Waals surface area (Å²) in [4.78, 5) is 38.5. The molecule has 0 fully saturated rings. The fourth-order valence-corrected chi connectivity index (χ4v) is 5.20. The SMILES string of the molecule is COc1ccc(CN(C(=O)CSc2nc(C)cc(C)n2)C(C(=O)Nc2ccc(OC)cc2)c2ccc(OC)cc2)cc1. The first-order valence-corrected chi connectivity index (χ1v) is 14.2. The number of nitrogens with zero attached hydrogens (tertiary/aromatic N) is 3. The normalized spacial score (nSPS) is 11.4. The molecule has 1 N–H and O–H groups in total. The van der Waals surface area contributed by atoms with Crippen LogP contribution in [0.4, 0.5) is 5.69 Å². The van der Waals surface area contributed by atoms with Crippen LogP contribution >= 0.6 is 11.8 Å². The van der Waals surface area contributed by atoms with Gasteiger partial charge in [-0.25, -0.2) is 9.97 Å². The Morgan fingerprint density at radius 1 is 0.786 bits per heavy atom. The van der Waals surface area contributed by atoms with E-state index in [0.29, 0.717) is 33.7 Å². The highest BCUT2D eigenvalue weighted by atomic mass is 32.2. The van der Waals surface area contributed by atoms with Crippen LogP contribution in [-0.2, 0) is 16.1 Å². The van der Waals surface area contributed by atoms with Gasteiger partial charge in [0.05, 0.1) is 27.1 Å². The monoisotopic (exact) mass is 586 g/mol. The maximum atomic E-state index is 14.0. The Balaban J connectivity index is 1.70. The number of amides is 2. The summed E-state index contributed by atoms with van der Waals surface area (Å²) in [6.07, 6.45) is 0. The van der Waals surface area contributed by atoms with Gasteiger partial charge in [0.2, 0.25) is 5.91 Å². The zero-order valence-electron chi connectivity index (χ0n) is 24.3. The second-order valence-electron chi connectivity index (χ2n) is 9.49. The van der Waals surface area contributed by atoms with Gasteiger partial charge in [0, 0.05) is 23.6 Å². The minimum absolute atomic E-state index is 0.0432. The van der Waals surface area contributed by atoms with E-state index in [1.807, 2.05) is 44.2 Å². The molecule has 0 radical (unpaired) electrons. The van der Waals surface area contributed by atoms with Crippen LogP contribution in [0.15, 0.2) is 84.0 Å². The highest BCUT2D eigenvalue weighted by Crippen LogP contribution is 2.29. The highest BCUT2D eigenvalue weighted by Gasteiger charge is 2.32. The molecule has 0 saturated heterocycles. The molecule has 1 unspecified atom stereocenters. The van der Waals surface area contributed by atoms with Crippen LogP contribution in [0, 0.1) is 13.8 Å². The van der Waals surface area contributed by atoms with E-state index in [1.54, 1.807) is 74.8 Å². The molecule has 218 valence electrons. The van der Waals surface area contributed by atoms with Gasteiger partial charge in [0.25, 0.3) is 5.91 Å². The van der Waals surface area contributed by atoms with E-state index >= 15 is 0 Å². The van der Waals surface area contributed by atoms with Crippen LogP contribution in [0.25, 0.3) is 0 Å². The zero-order chi connectivity index (χ0) is 30.1. The zero-order valence-corrected chi connectivity index (χ0v) is 25.1. The molecule has 4 aromatic rings. The van der Waals surface area contributed by atoms with Crippen molar-refractivity contribution < 1.29 is 23.8 Å². The number of rotatable bonds is 12. The summed E-state index contributed by atoms with van der Waals surface area (Å²) in [5.74, 6) is 1.44. The summed E-state index contributed by atoms with van der Waals surface area (Å²) >= 11 is 1.24. The fourth-order valence-electron chi connectivity index (χ4n) is 4.36. The molecule has 0 bridgehead atoms. The largest absolute Gasteiger partial charge is 0.497 e. The summed E-state index contributed by atoms with van der Waals surface area (Å²) in [6.45, 7) is 3.96. The molecular weight excluding hydrogens is 552 g/mol. The molecule has 1 aromatic heterocycles. The number of benzene rings is 3. The van der Waals surface area contributed by atoms with Gasteiger partial charge in [-0.05, 0) is 79.6 Å². The highest BCUT2D eigenvalue weighted by molar-refractivity contribution is 7.99.